The number of rotatable bonds is 3. The van der Waals surface area contributed by atoms with Crippen molar-refractivity contribution in [1.29, 1.82) is 0 Å². The van der Waals surface area contributed by atoms with Gasteiger partial charge in [-0.05, 0) is 0 Å². The topological polar surface area (TPSA) is 0 Å². The smallest absolute Gasteiger partial charge is 0.0652 e. The molecule has 0 aromatic carbocycles. The molecular weight excluding hydrogens is 505 g/mol. The Morgan fingerprint density at radius 3 is 0.926 bits per heavy atom. The lowest BCUT2D eigenvalue weighted by Gasteiger charge is -2.45. The minimum absolute atomic E-state index is 0.807. The van der Waals surface area contributed by atoms with Gasteiger partial charge in [0.15, 0.2) is 0 Å². The fraction of sp³-hybridized carbons (Fsp3) is 1.00. The summed E-state index contributed by atoms with van der Waals surface area (Å²) >= 11 is 20.6. The molecule has 6 unspecified atom stereocenters. The Kier molecular flexibility index (Phi) is 9.78. The highest BCUT2D eigenvalue weighted by molar-refractivity contribution is 8.35. The molecule has 4 aliphatic heterocycles. The molecular formula is C18H30S9. The minimum atomic E-state index is 0.807. The van der Waals surface area contributed by atoms with Crippen LogP contribution in [0.1, 0.15) is 20.8 Å². The van der Waals surface area contributed by atoms with Crippen molar-refractivity contribution in [2.24, 2.45) is 0 Å². The third kappa shape index (κ3) is 6.58. The van der Waals surface area contributed by atoms with Crippen molar-refractivity contribution < 1.29 is 0 Å². The first-order chi connectivity index (χ1) is 13.1. The monoisotopic (exact) mass is 534 g/mol. The van der Waals surface area contributed by atoms with Crippen molar-refractivity contribution in [3.8, 4) is 0 Å². The normalized spacial score (nSPS) is 49.7. The van der Waals surface area contributed by atoms with E-state index in [0.717, 1.165) is 45.2 Å². The predicted octanol–water partition coefficient (Wildman–Crippen LogP) is 6.89. The summed E-state index contributed by atoms with van der Waals surface area (Å²) in [6.07, 6.45) is 0. The van der Waals surface area contributed by atoms with Gasteiger partial charge in [0.2, 0.25) is 0 Å². The molecule has 4 heterocycles. The van der Waals surface area contributed by atoms with Gasteiger partial charge < -0.3 is 0 Å². The van der Waals surface area contributed by atoms with Crippen molar-refractivity contribution in [3.05, 3.63) is 0 Å². The number of hydrogen-bond acceptors (Lipinski definition) is 9. The Morgan fingerprint density at radius 2 is 0.704 bits per heavy atom. The largest absolute Gasteiger partial charge is 0.157 e. The molecule has 156 valence electrons. The van der Waals surface area contributed by atoms with Gasteiger partial charge in [0, 0.05) is 66.0 Å². The van der Waals surface area contributed by atoms with Gasteiger partial charge in [-0.3, -0.25) is 0 Å². The van der Waals surface area contributed by atoms with Crippen LogP contribution < -0.4 is 0 Å². The highest BCUT2D eigenvalue weighted by Crippen LogP contribution is 2.57. The Bertz CT molecular complexity index is 381. The Balaban J connectivity index is 1.42. The molecule has 0 saturated carbocycles. The van der Waals surface area contributed by atoms with Gasteiger partial charge in [0.25, 0.3) is 0 Å². The summed E-state index contributed by atoms with van der Waals surface area (Å²) < 4.78 is 2.42. The maximum atomic E-state index is 2.41. The van der Waals surface area contributed by atoms with Crippen LogP contribution in [0, 0.1) is 0 Å². The maximum Gasteiger partial charge on any atom is 0.0652 e. The summed E-state index contributed by atoms with van der Waals surface area (Å²) in [5.74, 6) is 8.17. The second-order valence-electron chi connectivity index (χ2n) is 7.56. The van der Waals surface area contributed by atoms with Crippen LogP contribution in [0.25, 0.3) is 0 Å². The molecule has 4 aliphatic rings. The van der Waals surface area contributed by atoms with Gasteiger partial charge in [0.05, 0.1) is 13.7 Å². The van der Waals surface area contributed by atoms with E-state index in [-0.39, 0.29) is 0 Å². The quantitative estimate of drug-likeness (QED) is 0.376. The third-order valence-electron chi connectivity index (χ3n) is 4.99. The molecule has 0 bridgehead atoms. The van der Waals surface area contributed by atoms with Crippen molar-refractivity contribution >= 4 is 106 Å². The van der Waals surface area contributed by atoms with Crippen molar-refractivity contribution in [3.63, 3.8) is 0 Å². The van der Waals surface area contributed by atoms with E-state index in [1.807, 2.05) is 0 Å². The fourth-order valence-corrected chi connectivity index (χ4v) is 20.5. The highest BCUT2D eigenvalue weighted by atomic mass is 32.3. The van der Waals surface area contributed by atoms with Crippen LogP contribution in [0.5, 0.6) is 0 Å². The first kappa shape index (κ1) is 23.3. The molecule has 0 nitrogen and oxygen atoms in total. The molecule has 0 N–H and O–H groups in total. The maximum absolute atomic E-state index is 2.41. The van der Waals surface area contributed by atoms with Gasteiger partial charge in [-0.25, -0.2) is 0 Å². The molecule has 0 aromatic heterocycles. The zero-order chi connectivity index (χ0) is 18.8. The molecule has 0 aromatic rings. The second-order valence-corrected chi connectivity index (χ2v) is 20.6. The zero-order valence-electron chi connectivity index (χ0n) is 16.1. The Hall–Kier alpha value is 3.15. The Labute approximate surface area is 204 Å². The van der Waals surface area contributed by atoms with E-state index in [2.05, 4.69) is 127 Å². The second kappa shape index (κ2) is 11.3. The lowest BCUT2D eigenvalue weighted by molar-refractivity contribution is 0.976. The van der Waals surface area contributed by atoms with E-state index < -0.39 is 0 Å². The van der Waals surface area contributed by atoms with Gasteiger partial charge in [-0.1, -0.05) is 20.8 Å². The van der Waals surface area contributed by atoms with E-state index in [1.165, 1.54) is 34.5 Å². The molecule has 6 atom stereocenters. The minimum Gasteiger partial charge on any atom is -0.157 e. The van der Waals surface area contributed by atoms with E-state index in [0.29, 0.717) is 0 Å². The Morgan fingerprint density at radius 1 is 0.407 bits per heavy atom. The van der Waals surface area contributed by atoms with E-state index in [1.54, 1.807) is 0 Å². The van der Waals surface area contributed by atoms with Gasteiger partial charge in [0.1, 0.15) is 0 Å². The summed E-state index contributed by atoms with van der Waals surface area (Å²) in [4.78, 5) is 0. The summed E-state index contributed by atoms with van der Waals surface area (Å²) in [6, 6.07) is 0. The van der Waals surface area contributed by atoms with Crippen LogP contribution in [0.15, 0.2) is 0 Å². The molecule has 9 heteroatoms. The van der Waals surface area contributed by atoms with Gasteiger partial charge >= 0.3 is 0 Å². The summed E-state index contributed by atoms with van der Waals surface area (Å²) in [5, 5.41) is 5.12. The average Bonchev–Trinajstić information content (AvgIpc) is 2.69. The van der Waals surface area contributed by atoms with Crippen molar-refractivity contribution in [2.75, 3.05) is 34.5 Å². The van der Waals surface area contributed by atoms with Crippen LogP contribution in [-0.2, 0) is 0 Å². The molecule has 0 amide bonds. The molecule has 4 saturated heterocycles. The third-order valence-corrected chi connectivity index (χ3v) is 21.4. The standard InChI is InChI=1S/C18H30S9/c1-10-4-22-13(7-19-10)16-25-17(14-8-20-11(2)5-23-14)27-18(26-16)15-9-21-12(3)6-24-15/h10-18H,4-9H2,1-3H3. The first-order valence-electron chi connectivity index (χ1n) is 9.74. The zero-order valence-corrected chi connectivity index (χ0v) is 23.5. The van der Waals surface area contributed by atoms with Crippen LogP contribution in [-0.4, -0.2) is 79.8 Å². The van der Waals surface area contributed by atoms with Gasteiger partial charge in [-0.15, -0.1) is 35.3 Å². The first-order valence-corrected chi connectivity index (χ1v) is 18.9. The van der Waals surface area contributed by atoms with E-state index in [9.17, 15) is 0 Å². The van der Waals surface area contributed by atoms with E-state index >= 15 is 0 Å². The summed E-state index contributed by atoms with van der Waals surface area (Å²) in [7, 11) is 0. The molecule has 0 aliphatic carbocycles. The number of thioether (sulfide) groups is 9. The SMILES string of the molecule is CC1CSC(C2SC(C3CSC(C)CS3)SC(C3CSC(C)CS3)S2)CS1. The molecule has 4 fully saturated rings. The predicted molar refractivity (Wildman–Crippen MR) is 149 cm³/mol. The van der Waals surface area contributed by atoms with Crippen LogP contribution in [0.3, 0.4) is 0 Å². The summed E-state index contributed by atoms with van der Waals surface area (Å²) in [5.41, 5.74) is 0. The fourth-order valence-electron chi connectivity index (χ4n) is 3.33. The summed E-state index contributed by atoms with van der Waals surface area (Å²) in [6.45, 7) is 7.22. The van der Waals surface area contributed by atoms with Crippen LogP contribution in [0.2, 0.25) is 0 Å². The van der Waals surface area contributed by atoms with Crippen LogP contribution in [0.4, 0.5) is 0 Å². The van der Waals surface area contributed by atoms with Crippen molar-refractivity contribution in [2.45, 2.75) is 66.0 Å². The lowest BCUT2D eigenvalue weighted by Crippen LogP contribution is -2.40. The molecule has 0 radical (unpaired) electrons. The van der Waals surface area contributed by atoms with E-state index in [4.69, 9.17) is 0 Å². The average molecular weight is 535 g/mol. The lowest BCUT2D eigenvalue weighted by atomic mass is 10.5. The molecule has 27 heavy (non-hydrogen) atoms. The number of hydrogen-bond donors (Lipinski definition) is 0. The van der Waals surface area contributed by atoms with Crippen LogP contribution >= 0.6 is 106 Å². The van der Waals surface area contributed by atoms with Crippen molar-refractivity contribution in [1.82, 2.24) is 0 Å². The molecule has 4 rings (SSSR count). The molecule has 0 spiro atoms. The van der Waals surface area contributed by atoms with Gasteiger partial charge in [-0.2, -0.15) is 70.6 Å². The highest BCUT2D eigenvalue weighted by Gasteiger charge is 2.43.